The Morgan fingerprint density at radius 1 is 1.18 bits per heavy atom. The van der Waals surface area contributed by atoms with Crippen LogP contribution in [-0.2, 0) is 19.8 Å². The van der Waals surface area contributed by atoms with E-state index in [-0.39, 0.29) is 24.0 Å². The number of carbonyl (C=O) groups is 3. The number of nitriles is 1. The van der Waals surface area contributed by atoms with Crippen molar-refractivity contribution in [2.75, 3.05) is 28.0 Å². The van der Waals surface area contributed by atoms with E-state index in [0.717, 1.165) is 10.5 Å². The highest BCUT2D eigenvalue weighted by molar-refractivity contribution is 6.18. The van der Waals surface area contributed by atoms with Crippen LogP contribution in [0.15, 0.2) is 42.5 Å². The molecule has 0 fully saturated rings. The van der Waals surface area contributed by atoms with E-state index in [4.69, 9.17) is 16.9 Å². The van der Waals surface area contributed by atoms with Crippen LogP contribution in [0.3, 0.4) is 0 Å². The van der Waals surface area contributed by atoms with Crippen molar-refractivity contribution in [2.24, 2.45) is 0 Å². The van der Waals surface area contributed by atoms with Crippen molar-refractivity contribution < 1.29 is 24.6 Å². The van der Waals surface area contributed by atoms with Gasteiger partial charge in [-0.3, -0.25) is 14.4 Å². The molecular formula is C23H23ClN4O5. The van der Waals surface area contributed by atoms with Gasteiger partial charge in [-0.25, -0.2) is 0 Å². The van der Waals surface area contributed by atoms with Crippen molar-refractivity contribution in [1.82, 2.24) is 0 Å². The van der Waals surface area contributed by atoms with Gasteiger partial charge in [0.15, 0.2) is 12.2 Å². The molecule has 2 atom stereocenters. The zero-order chi connectivity index (χ0) is 24.3. The molecule has 0 radical (unpaired) electrons. The lowest BCUT2D eigenvalue weighted by molar-refractivity contribution is -0.141. The predicted molar refractivity (Wildman–Crippen MR) is 123 cm³/mol. The van der Waals surface area contributed by atoms with E-state index in [0.29, 0.717) is 16.9 Å². The summed E-state index contributed by atoms with van der Waals surface area (Å²) in [7, 11) is 0. The number of fused-ring (bicyclic) bond motifs is 1. The lowest BCUT2D eigenvalue weighted by Crippen LogP contribution is -2.50. The Labute approximate surface area is 195 Å². The van der Waals surface area contributed by atoms with Crippen LogP contribution < -0.4 is 15.5 Å². The van der Waals surface area contributed by atoms with Gasteiger partial charge in [0.25, 0.3) is 11.8 Å². The van der Waals surface area contributed by atoms with Crippen LogP contribution in [0.1, 0.15) is 25.0 Å². The molecule has 10 heteroatoms. The number of hydrogen-bond donors (Lipinski definition) is 4. The highest BCUT2D eigenvalue weighted by Gasteiger charge is 2.39. The van der Waals surface area contributed by atoms with Gasteiger partial charge in [-0.15, -0.1) is 11.6 Å². The zero-order valence-electron chi connectivity index (χ0n) is 18.0. The molecule has 9 nitrogen and oxygen atoms in total. The van der Waals surface area contributed by atoms with Crippen molar-refractivity contribution in [3.8, 4) is 6.07 Å². The molecule has 0 aromatic heterocycles. The molecule has 0 spiro atoms. The Balaban J connectivity index is 1.77. The van der Waals surface area contributed by atoms with Crippen molar-refractivity contribution in [3.05, 3.63) is 53.6 Å². The van der Waals surface area contributed by atoms with E-state index in [1.54, 1.807) is 32.0 Å². The topological polar surface area (TPSA) is 143 Å². The average molecular weight is 471 g/mol. The van der Waals surface area contributed by atoms with Gasteiger partial charge in [0.2, 0.25) is 5.91 Å². The van der Waals surface area contributed by atoms with Gasteiger partial charge >= 0.3 is 0 Å². The summed E-state index contributed by atoms with van der Waals surface area (Å²) in [5, 5.41) is 34.7. The fraction of sp³-hybridized carbons (Fsp3) is 0.304. The van der Waals surface area contributed by atoms with Gasteiger partial charge in [-0.2, -0.15) is 5.26 Å². The van der Waals surface area contributed by atoms with E-state index in [1.165, 1.54) is 24.3 Å². The number of aliphatic hydroxyl groups is 2. The molecule has 0 aliphatic carbocycles. The van der Waals surface area contributed by atoms with E-state index >= 15 is 0 Å². The fourth-order valence-corrected chi connectivity index (χ4v) is 3.65. The molecule has 1 heterocycles. The molecule has 0 bridgehead atoms. The lowest BCUT2D eigenvalue weighted by Gasteiger charge is -2.27. The van der Waals surface area contributed by atoms with E-state index < -0.39 is 29.4 Å². The second-order valence-corrected chi connectivity index (χ2v) is 8.43. The highest BCUT2D eigenvalue weighted by Crippen LogP contribution is 2.39. The summed E-state index contributed by atoms with van der Waals surface area (Å²) in [4.78, 5) is 38.7. The standard InChI is InChI=1S/C23H23ClN4O5/c1-23(2)16-8-7-15(11-17(16)27-22(23)33)28(10-9-24)21(32)19(30)18(29)20(31)26-14-5-3-13(12-25)4-6-14/h3-8,11,18-19,29-30H,9-10H2,1-2H3,(H,26,31)(H,27,33)/t18-,19-/m1/s1. The molecule has 0 unspecified atom stereocenters. The second kappa shape index (κ2) is 9.58. The molecule has 1 aliphatic heterocycles. The number of nitrogens with zero attached hydrogens (tertiary/aromatic N) is 2. The molecule has 33 heavy (non-hydrogen) atoms. The van der Waals surface area contributed by atoms with Gasteiger partial charge in [-0.1, -0.05) is 6.07 Å². The molecule has 3 amide bonds. The molecule has 0 saturated carbocycles. The third-order valence-corrected chi connectivity index (χ3v) is 5.65. The number of anilines is 3. The first kappa shape index (κ1) is 24.2. The third kappa shape index (κ3) is 4.83. The SMILES string of the molecule is CC1(C)C(=O)Nc2cc(N(CCCl)C(=O)[C@H](O)[C@@H](O)C(=O)Nc3ccc(C#N)cc3)ccc21. The minimum atomic E-state index is -2.06. The quantitative estimate of drug-likeness (QED) is 0.454. The van der Waals surface area contributed by atoms with Crippen molar-refractivity contribution >= 4 is 46.4 Å². The van der Waals surface area contributed by atoms with Crippen molar-refractivity contribution in [3.63, 3.8) is 0 Å². The number of rotatable bonds is 7. The minimum Gasteiger partial charge on any atom is -0.380 e. The normalized spacial score (nSPS) is 15.6. The Kier molecular flexibility index (Phi) is 7.03. The highest BCUT2D eigenvalue weighted by atomic mass is 35.5. The number of benzene rings is 2. The van der Waals surface area contributed by atoms with Crippen LogP contribution in [0.4, 0.5) is 17.1 Å². The number of nitrogens with one attached hydrogen (secondary N) is 2. The molecule has 2 aromatic rings. The summed E-state index contributed by atoms with van der Waals surface area (Å²) in [6.45, 7) is 3.56. The summed E-state index contributed by atoms with van der Waals surface area (Å²) < 4.78 is 0. The number of amides is 3. The van der Waals surface area contributed by atoms with Crippen molar-refractivity contribution in [1.29, 1.82) is 5.26 Å². The first-order valence-electron chi connectivity index (χ1n) is 10.1. The van der Waals surface area contributed by atoms with Gasteiger partial charge in [0.05, 0.1) is 17.0 Å². The number of carbonyl (C=O) groups excluding carboxylic acids is 3. The largest absolute Gasteiger partial charge is 0.380 e. The Morgan fingerprint density at radius 2 is 1.85 bits per heavy atom. The maximum Gasteiger partial charge on any atom is 0.259 e. The van der Waals surface area contributed by atoms with E-state index in [2.05, 4.69) is 10.6 Å². The molecule has 3 rings (SSSR count). The average Bonchev–Trinajstić information content (AvgIpc) is 3.03. The van der Waals surface area contributed by atoms with E-state index in [1.807, 2.05) is 6.07 Å². The van der Waals surface area contributed by atoms with E-state index in [9.17, 15) is 24.6 Å². The van der Waals surface area contributed by atoms with Gasteiger partial charge < -0.3 is 25.7 Å². The minimum absolute atomic E-state index is 0.00244. The zero-order valence-corrected chi connectivity index (χ0v) is 18.8. The van der Waals surface area contributed by atoms with Crippen LogP contribution in [0.2, 0.25) is 0 Å². The molecule has 1 aliphatic rings. The smallest absolute Gasteiger partial charge is 0.259 e. The van der Waals surface area contributed by atoms with Gasteiger partial charge in [0.1, 0.15) is 0 Å². The summed E-state index contributed by atoms with van der Waals surface area (Å²) in [5.41, 5.74) is 1.58. The van der Waals surface area contributed by atoms with Gasteiger partial charge in [0, 0.05) is 29.5 Å². The van der Waals surface area contributed by atoms with Crippen LogP contribution >= 0.6 is 11.6 Å². The predicted octanol–water partition coefficient (Wildman–Crippen LogP) is 1.72. The molecule has 4 N–H and O–H groups in total. The van der Waals surface area contributed by atoms with Crippen LogP contribution in [-0.4, -0.2) is 52.6 Å². The Hall–Kier alpha value is -3.45. The Morgan fingerprint density at radius 3 is 2.45 bits per heavy atom. The fourth-order valence-electron chi connectivity index (χ4n) is 3.48. The lowest BCUT2D eigenvalue weighted by atomic mass is 9.86. The van der Waals surface area contributed by atoms with Crippen LogP contribution in [0.5, 0.6) is 0 Å². The van der Waals surface area contributed by atoms with Crippen LogP contribution in [0, 0.1) is 11.3 Å². The van der Waals surface area contributed by atoms with Crippen LogP contribution in [0.25, 0.3) is 0 Å². The molecule has 0 saturated heterocycles. The maximum absolute atomic E-state index is 13.0. The third-order valence-electron chi connectivity index (χ3n) is 5.48. The summed E-state index contributed by atoms with van der Waals surface area (Å²) >= 11 is 5.84. The number of hydrogen-bond acceptors (Lipinski definition) is 6. The summed E-state index contributed by atoms with van der Waals surface area (Å²) in [6.07, 6.45) is -4.12. The molecule has 2 aromatic carbocycles. The van der Waals surface area contributed by atoms with Crippen molar-refractivity contribution in [2.45, 2.75) is 31.5 Å². The molecule has 172 valence electrons. The Bertz CT molecular complexity index is 1130. The summed E-state index contributed by atoms with van der Waals surface area (Å²) in [5.74, 6) is -2.07. The summed E-state index contributed by atoms with van der Waals surface area (Å²) in [6, 6.07) is 12.7. The number of aliphatic hydroxyl groups excluding tert-OH is 2. The maximum atomic E-state index is 13.0. The molecular weight excluding hydrogens is 448 g/mol. The first-order valence-corrected chi connectivity index (χ1v) is 10.6. The second-order valence-electron chi connectivity index (χ2n) is 8.06. The monoisotopic (exact) mass is 470 g/mol. The number of halogens is 1. The first-order chi connectivity index (χ1) is 15.6. The van der Waals surface area contributed by atoms with Gasteiger partial charge in [-0.05, 0) is 55.8 Å². The number of alkyl halides is 1.